The van der Waals surface area contributed by atoms with Crippen molar-refractivity contribution in [1.82, 2.24) is 19.6 Å². The fourth-order valence-corrected chi connectivity index (χ4v) is 3.57. The Morgan fingerprint density at radius 1 is 0.821 bits per heavy atom. The molecule has 0 N–H and O–H groups in total. The summed E-state index contributed by atoms with van der Waals surface area (Å²) >= 11 is 0. The highest BCUT2D eigenvalue weighted by molar-refractivity contribution is 5.89. The van der Waals surface area contributed by atoms with Crippen LogP contribution in [0.3, 0.4) is 0 Å². The second-order valence-corrected chi connectivity index (χ2v) is 7.63. The van der Waals surface area contributed by atoms with E-state index in [2.05, 4.69) is 66.0 Å². The summed E-state index contributed by atoms with van der Waals surface area (Å²) in [5.74, 6) is 2.00. The first-order chi connectivity index (χ1) is 13.5. The molecule has 0 spiro atoms. The number of aliphatic imine (C=N–C) groups is 2. The Hall–Kier alpha value is -2.28. The largest absolute Gasteiger partial charge is 0.382 e. The zero-order chi connectivity index (χ0) is 20.1. The summed E-state index contributed by atoms with van der Waals surface area (Å²) in [4.78, 5) is 18.8. The minimum atomic E-state index is 0.773. The van der Waals surface area contributed by atoms with Crippen molar-refractivity contribution in [3.05, 3.63) is 23.8 Å². The van der Waals surface area contributed by atoms with Gasteiger partial charge >= 0.3 is 0 Å². The van der Waals surface area contributed by atoms with Crippen LogP contribution in [0.15, 0.2) is 28.2 Å². The van der Waals surface area contributed by atoms with Crippen molar-refractivity contribution in [2.45, 2.75) is 19.8 Å². The molecule has 0 atom stereocenters. The van der Waals surface area contributed by atoms with E-state index >= 15 is 0 Å². The van der Waals surface area contributed by atoms with Gasteiger partial charge < -0.3 is 24.3 Å². The summed E-state index contributed by atoms with van der Waals surface area (Å²) in [5.41, 5.74) is 3.13. The number of rotatable bonds is 7. The number of nitrogens with zero attached hydrogens (tertiary/aromatic N) is 6. The third-order valence-electron chi connectivity index (χ3n) is 5.35. The van der Waals surface area contributed by atoms with Gasteiger partial charge in [0.1, 0.15) is 0 Å². The first-order valence-corrected chi connectivity index (χ1v) is 10.2. The summed E-state index contributed by atoms with van der Waals surface area (Å²) in [7, 11) is 8.37. The summed E-state index contributed by atoms with van der Waals surface area (Å²) in [5, 5.41) is 0. The predicted octanol–water partition coefficient (Wildman–Crippen LogP) is 2.39. The van der Waals surface area contributed by atoms with E-state index in [1.54, 1.807) is 0 Å². The molecule has 0 aliphatic carbocycles. The topological polar surface area (TPSA) is 46.9 Å². The number of likely N-dealkylation sites (N-methyl/N-ethyl adjacent to an activating group) is 4. The lowest BCUT2D eigenvalue weighted by atomic mass is 10.1. The number of aryl methyl sites for hydroxylation is 1. The van der Waals surface area contributed by atoms with E-state index in [9.17, 15) is 0 Å². The lowest BCUT2D eigenvalue weighted by Crippen LogP contribution is -2.28. The standard InChI is InChI=1S/C21H34N6O/c1-6-28-15-7-8-17-9-10-18(22-20-24(2)11-12-25(20)3)19(16-17)23-21-26(4)13-14-27(21)5/h9-10,16H,6-8,11-15H2,1-5H3. The Kier molecular flexibility index (Phi) is 6.78. The smallest absolute Gasteiger partial charge is 0.201 e. The van der Waals surface area contributed by atoms with Crippen LogP contribution in [-0.4, -0.2) is 99.1 Å². The van der Waals surface area contributed by atoms with Crippen LogP contribution < -0.4 is 0 Å². The normalized spacial score (nSPS) is 17.2. The number of benzene rings is 1. The van der Waals surface area contributed by atoms with Crippen LogP contribution in [-0.2, 0) is 11.2 Å². The van der Waals surface area contributed by atoms with Crippen LogP contribution in [0.5, 0.6) is 0 Å². The second-order valence-electron chi connectivity index (χ2n) is 7.63. The highest BCUT2D eigenvalue weighted by Gasteiger charge is 2.22. The molecule has 2 aliphatic heterocycles. The van der Waals surface area contributed by atoms with Crippen molar-refractivity contribution < 1.29 is 4.74 Å². The second kappa shape index (κ2) is 9.28. The van der Waals surface area contributed by atoms with Gasteiger partial charge in [-0.25, -0.2) is 9.98 Å². The molecule has 0 unspecified atom stereocenters. The fourth-order valence-electron chi connectivity index (χ4n) is 3.57. The van der Waals surface area contributed by atoms with E-state index < -0.39 is 0 Å². The molecule has 0 radical (unpaired) electrons. The van der Waals surface area contributed by atoms with Crippen molar-refractivity contribution in [2.24, 2.45) is 9.98 Å². The number of hydrogen-bond donors (Lipinski definition) is 0. The van der Waals surface area contributed by atoms with E-state index in [1.807, 2.05) is 6.92 Å². The molecule has 0 bridgehead atoms. The lowest BCUT2D eigenvalue weighted by Gasteiger charge is -2.18. The van der Waals surface area contributed by atoms with Crippen molar-refractivity contribution in [1.29, 1.82) is 0 Å². The Bertz CT molecular complexity index is 708. The van der Waals surface area contributed by atoms with Crippen LogP contribution in [0, 0.1) is 0 Å². The SMILES string of the molecule is CCOCCCc1ccc(N=C2N(C)CCN2C)c(N=C2N(C)CCN2C)c1. The van der Waals surface area contributed by atoms with Crippen molar-refractivity contribution >= 4 is 23.3 Å². The van der Waals surface area contributed by atoms with Crippen molar-refractivity contribution in [2.75, 3.05) is 67.6 Å². The Balaban J connectivity index is 1.92. The average molecular weight is 387 g/mol. The summed E-state index contributed by atoms with van der Waals surface area (Å²) in [6.07, 6.45) is 2.00. The Morgan fingerprint density at radius 2 is 1.36 bits per heavy atom. The molecule has 0 aromatic heterocycles. The zero-order valence-corrected chi connectivity index (χ0v) is 18.0. The minimum Gasteiger partial charge on any atom is -0.382 e. The molecule has 0 saturated carbocycles. The molecule has 7 heteroatoms. The molecule has 1 aromatic carbocycles. The quantitative estimate of drug-likeness (QED) is 0.674. The molecule has 154 valence electrons. The maximum atomic E-state index is 5.48. The predicted molar refractivity (Wildman–Crippen MR) is 116 cm³/mol. The molecule has 0 amide bonds. The van der Waals surface area contributed by atoms with Gasteiger partial charge in [-0.05, 0) is 37.5 Å². The summed E-state index contributed by atoms with van der Waals surface area (Å²) in [6.45, 7) is 7.60. The maximum absolute atomic E-state index is 5.48. The van der Waals surface area contributed by atoms with Crippen LogP contribution in [0.1, 0.15) is 18.9 Å². The number of ether oxygens (including phenoxy) is 1. The van der Waals surface area contributed by atoms with Gasteiger partial charge in [-0.15, -0.1) is 0 Å². The van der Waals surface area contributed by atoms with Crippen LogP contribution in [0.2, 0.25) is 0 Å². The molecule has 2 heterocycles. The van der Waals surface area contributed by atoms with Crippen LogP contribution in [0.4, 0.5) is 11.4 Å². The van der Waals surface area contributed by atoms with Gasteiger partial charge in [0, 0.05) is 67.6 Å². The average Bonchev–Trinajstić information content (AvgIpc) is 3.17. The maximum Gasteiger partial charge on any atom is 0.201 e. The Labute approximate surface area is 169 Å². The van der Waals surface area contributed by atoms with Gasteiger partial charge in [-0.3, -0.25) is 0 Å². The lowest BCUT2D eigenvalue weighted by molar-refractivity contribution is 0.145. The van der Waals surface area contributed by atoms with E-state index in [0.29, 0.717) is 0 Å². The number of guanidine groups is 2. The van der Waals surface area contributed by atoms with Gasteiger partial charge in [0.2, 0.25) is 11.9 Å². The molecular formula is C21H34N6O. The highest BCUT2D eigenvalue weighted by Crippen LogP contribution is 2.31. The first kappa shape index (κ1) is 20.5. The fraction of sp³-hybridized carbons (Fsp3) is 0.619. The number of hydrogen-bond acceptors (Lipinski definition) is 3. The van der Waals surface area contributed by atoms with Crippen LogP contribution >= 0.6 is 0 Å². The molecule has 2 saturated heterocycles. The molecule has 3 rings (SSSR count). The zero-order valence-electron chi connectivity index (χ0n) is 18.0. The molecule has 1 aromatic rings. The van der Waals surface area contributed by atoms with Crippen molar-refractivity contribution in [3.63, 3.8) is 0 Å². The van der Waals surface area contributed by atoms with Crippen LogP contribution in [0.25, 0.3) is 0 Å². The van der Waals surface area contributed by atoms with Gasteiger partial charge in [-0.1, -0.05) is 6.07 Å². The van der Waals surface area contributed by atoms with Gasteiger partial charge in [-0.2, -0.15) is 0 Å². The third-order valence-corrected chi connectivity index (χ3v) is 5.35. The molecular weight excluding hydrogens is 352 g/mol. The van der Waals surface area contributed by atoms with E-state index in [-0.39, 0.29) is 0 Å². The monoisotopic (exact) mass is 386 g/mol. The first-order valence-electron chi connectivity index (χ1n) is 10.2. The van der Waals surface area contributed by atoms with Gasteiger partial charge in [0.25, 0.3) is 0 Å². The van der Waals surface area contributed by atoms with E-state index in [4.69, 9.17) is 14.7 Å². The van der Waals surface area contributed by atoms with Gasteiger partial charge in [0.05, 0.1) is 11.4 Å². The van der Waals surface area contributed by atoms with E-state index in [1.165, 1.54) is 5.56 Å². The Morgan fingerprint density at radius 3 is 1.89 bits per heavy atom. The molecule has 2 aliphatic rings. The van der Waals surface area contributed by atoms with Crippen molar-refractivity contribution in [3.8, 4) is 0 Å². The van der Waals surface area contributed by atoms with Gasteiger partial charge in [0.15, 0.2) is 0 Å². The minimum absolute atomic E-state index is 0.773. The van der Waals surface area contributed by atoms with E-state index in [0.717, 1.165) is 75.5 Å². The third kappa shape index (κ3) is 4.76. The molecule has 2 fully saturated rings. The summed E-state index contributed by atoms with van der Waals surface area (Å²) < 4.78 is 5.48. The molecule has 7 nitrogen and oxygen atoms in total. The summed E-state index contributed by atoms with van der Waals surface area (Å²) in [6, 6.07) is 6.47. The molecule has 28 heavy (non-hydrogen) atoms. The highest BCUT2D eigenvalue weighted by atomic mass is 16.5.